The Morgan fingerprint density at radius 3 is 0.923 bits per heavy atom. The summed E-state index contributed by atoms with van der Waals surface area (Å²) in [5.41, 5.74) is -2.01. The van der Waals surface area contributed by atoms with Crippen LogP contribution in [0.2, 0.25) is 0 Å². The van der Waals surface area contributed by atoms with E-state index in [1.54, 1.807) is 27.7 Å². The van der Waals surface area contributed by atoms with Gasteiger partial charge in [-0.2, -0.15) is 0 Å². The molecule has 0 atom stereocenters. The minimum absolute atomic E-state index is 0. The van der Waals surface area contributed by atoms with Gasteiger partial charge in [-0.3, -0.25) is 7.32 Å². The van der Waals surface area contributed by atoms with Gasteiger partial charge in [0.1, 0.15) is 0 Å². The number of hydrogen-bond acceptors (Lipinski definition) is 5. The maximum Gasteiger partial charge on any atom is 0.0872 e. The fraction of sp³-hybridized carbons (Fsp3) is 1.00. The van der Waals surface area contributed by atoms with Crippen molar-refractivity contribution in [3.05, 3.63) is 0 Å². The molecule has 0 saturated heterocycles. The Kier molecular flexibility index (Phi) is 10.2. The summed E-state index contributed by atoms with van der Waals surface area (Å²) in [5, 5.41) is 43.5. The van der Waals surface area contributed by atoms with Crippen molar-refractivity contribution in [2.45, 2.75) is 38.9 Å². The number of hydrogen-bond donors (Lipinski definition) is 2. The first-order valence-corrected chi connectivity index (χ1v) is 3.40. The van der Waals surface area contributed by atoms with E-state index in [1.165, 1.54) is 0 Å². The van der Waals surface area contributed by atoms with Crippen LogP contribution in [0.15, 0.2) is 0 Å². The van der Waals surface area contributed by atoms with E-state index in [2.05, 4.69) is 0 Å². The van der Waals surface area contributed by atoms with Crippen LogP contribution in [0.3, 0.4) is 0 Å². The van der Waals surface area contributed by atoms with Crippen LogP contribution in [0.5, 0.6) is 0 Å². The molecule has 2 N–H and O–H groups in total. The van der Waals surface area contributed by atoms with Crippen molar-refractivity contribution in [3.63, 3.8) is 0 Å². The van der Waals surface area contributed by atoms with Crippen molar-refractivity contribution < 1.29 is 45.7 Å². The molecule has 0 rings (SSSR count). The molecular formula is C6H14BO5Pd-3. The van der Waals surface area contributed by atoms with E-state index in [1.807, 2.05) is 0 Å². The summed E-state index contributed by atoms with van der Waals surface area (Å²) >= 11 is 0. The Balaban J connectivity index is -0.000000173. The molecule has 0 amide bonds. The van der Waals surface area contributed by atoms with Crippen LogP contribution in [-0.4, -0.2) is 28.7 Å². The molecular weight excluding hydrogens is 269 g/mol. The zero-order valence-electron chi connectivity index (χ0n) is 8.01. The van der Waals surface area contributed by atoms with E-state index in [0.29, 0.717) is 0 Å². The Labute approximate surface area is 92.2 Å². The van der Waals surface area contributed by atoms with E-state index < -0.39 is 18.5 Å². The maximum atomic E-state index is 9.10. The van der Waals surface area contributed by atoms with Crippen LogP contribution in [-0.2, 0) is 20.4 Å². The first-order valence-electron chi connectivity index (χ1n) is 3.40. The van der Waals surface area contributed by atoms with Crippen molar-refractivity contribution in [2.75, 3.05) is 0 Å². The van der Waals surface area contributed by atoms with Gasteiger partial charge in [-0.05, 0) is 27.7 Å². The average molecular weight is 283 g/mol. The van der Waals surface area contributed by atoms with Crippen molar-refractivity contribution in [1.82, 2.24) is 0 Å². The molecule has 0 spiro atoms. The van der Waals surface area contributed by atoms with Gasteiger partial charge in [0.2, 0.25) is 0 Å². The average Bonchev–Trinajstić information content (AvgIpc) is 1.55. The minimum Gasteiger partial charge on any atom is -0.907 e. The summed E-state index contributed by atoms with van der Waals surface area (Å²) < 4.78 is 0. The zero-order chi connectivity index (χ0) is 10.6. The smallest absolute Gasteiger partial charge is 0.0872 e. The van der Waals surface area contributed by atoms with E-state index in [4.69, 9.17) is 25.3 Å². The summed E-state index contributed by atoms with van der Waals surface area (Å²) in [5.74, 6) is 0. The molecule has 5 nitrogen and oxygen atoms in total. The molecule has 0 aliphatic heterocycles. The van der Waals surface area contributed by atoms with Gasteiger partial charge in [-0.25, -0.2) is 0 Å². The molecule has 0 bridgehead atoms. The monoisotopic (exact) mass is 283 g/mol. The normalized spacial score (nSPS) is 10.8. The van der Waals surface area contributed by atoms with E-state index >= 15 is 0 Å². The summed E-state index contributed by atoms with van der Waals surface area (Å²) in [6, 6.07) is 0. The summed E-state index contributed by atoms with van der Waals surface area (Å²) in [7, 11) is -2.92. The zero-order valence-corrected chi connectivity index (χ0v) is 9.57. The molecule has 0 aliphatic rings. The van der Waals surface area contributed by atoms with Gasteiger partial charge in [0, 0.05) is 20.4 Å². The standard InChI is InChI=1S/C6H14O2.BO3.Pd/c1-5(2,7)6(3,4)8;2-1(3)4;/h7-8H,1-4H3;;/q;-3;. The van der Waals surface area contributed by atoms with Gasteiger partial charge in [0.05, 0.1) is 11.2 Å². The Morgan fingerprint density at radius 1 is 0.846 bits per heavy atom. The molecule has 0 heterocycles. The second-order valence-corrected chi connectivity index (χ2v) is 3.41. The Hall–Kier alpha value is 0.527. The van der Waals surface area contributed by atoms with Crippen molar-refractivity contribution in [2.24, 2.45) is 0 Å². The summed E-state index contributed by atoms with van der Waals surface area (Å²) in [4.78, 5) is 0. The van der Waals surface area contributed by atoms with Gasteiger partial charge in [0.15, 0.2) is 0 Å². The largest absolute Gasteiger partial charge is 0.907 e. The molecule has 0 saturated carbocycles. The first kappa shape index (κ1) is 19.2. The molecule has 0 aliphatic carbocycles. The maximum absolute atomic E-state index is 9.10. The van der Waals surface area contributed by atoms with Crippen LogP contribution in [0.1, 0.15) is 27.7 Å². The van der Waals surface area contributed by atoms with Gasteiger partial charge in [-0.1, -0.05) is 0 Å². The molecule has 0 aromatic carbocycles. The Morgan fingerprint density at radius 2 is 0.923 bits per heavy atom. The number of rotatable bonds is 1. The fourth-order valence-electron chi connectivity index (χ4n) is 0. The summed E-state index contributed by atoms with van der Waals surface area (Å²) in [6.07, 6.45) is 0. The van der Waals surface area contributed by atoms with Crippen molar-refractivity contribution >= 4 is 7.32 Å². The van der Waals surface area contributed by atoms with Gasteiger partial charge >= 0.3 is 0 Å². The van der Waals surface area contributed by atoms with Gasteiger partial charge in [-0.15, -0.1) is 0 Å². The molecule has 0 aromatic heterocycles. The third-order valence-electron chi connectivity index (χ3n) is 1.50. The predicted molar refractivity (Wildman–Crippen MR) is 38.3 cm³/mol. The van der Waals surface area contributed by atoms with E-state index in [9.17, 15) is 0 Å². The molecule has 7 heteroatoms. The molecule has 13 heavy (non-hydrogen) atoms. The third kappa shape index (κ3) is 15.3. The van der Waals surface area contributed by atoms with E-state index in [-0.39, 0.29) is 20.4 Å². The van der Waals surface area contributed by atoms with Crippen LogP contribution in [0.25, 0.3) is 0 Å². The van der Waals surface area contributed by atoms with Crippen molar-refractivity contribution in [3.8, 4) is 0 Å². The number of aliphatic hydroxyl groups is 2. The quantitative estimate of drug-likeness (QED) is 0.487. The van der Waals surface area contributed by atoms with Crippen LogP contribution in [0.4, 0.5) is 0 Å². The van der Waals surface area contributed by atoms with Gasteiger partial charge in [0.25, 0.3) is 0 Å². The van der Waals surface area contributed by atoms with Crippen LogP contribution in [0, 0.1) is 0 Å². The van der Waals surface area contributed by atoms with E-state index in [0.717, 1.165) is 0 Å². The molecule has 84 valence electrons. The molecule has 0 radical (unpaired) electrons. The van der Waals surface area contributed by atoms with Crippen molar-refractivity contribution in [1.29, 1.82) is 0 Å². The second kappa shape index (κ2) is 6.90. The van der Waals surface area contributed by atoms with Crippen LogP contribution >= 0.6 is 0 Å². The SMILES string of the molecule is CC(C)(O)C(C)(C)O.[O-]B([O-])[O-].[Pd]. The third-order valence-corrected chi connectivity index (χ3v) is 1.50. The minimum atomic E-state index is -2.92. The first-order chi connectivity index (χ1) is 4.98. The molecule has 0 aromatic rings. The van der Waals surface area contributed by atoms with Gasteiger partial charge < -0.3 is 25.3 Å². The Bertz CT molecular complexity index is 102. The van der Waals surface area contributed by atoms with Crippen LogP contribution < -0.4 is 15.1 Å². The summed E-state index contributed by atoms with van der Waals surface area (Å²) in [6.45, 7) is 6.31. The fourth-order valence-corrected chi connectivity index (χ4v) is 0. The molecule has 0 unspecified atom stereocenters. The predicted octanol–water partition coefficient (Wildman–Crippen LogP) is -3.42. The second-order valence-electron chi connectivity index (χ2n) is 3.41. The topological polar surface area (TPSA) is 110 Å². The molecule has 0 fully saturated rings.